The lowest BCUT2D eigenvalue weighted by Gasteiger charge is -2.34. The summed E-state index contributed by atoms with van der Waals surface area (Å²) in [7, 11) is 0. The van der Waals surface area contributed by atoms with E-state index in [1.165, 1.54) is 0 Å². The number of nitrogens with one attached hydrogen (secondary N) is 4. The molecule has 0 aromatic heterocycles. The highest BCUT2D eigenvalue weighted by Gasteiger charge is 2.20. The second kappa shape index (κ2) is 9.53. The molecule has 1 aromatic rings. The minimum absolute atomic E-state index is 0.0105. The largest absolute Gasteiger partial charge is 0.371 e. The number of nitrogens with zero attached hydrogens (tertiary/aromatic N) is 1. The van der Waals surface area contributed by atoms with Crippen LogP contribution in [0.3, 0.4) is 0 Å². The standard InChI is InChI=1S/C17H28N6OS/c1-12(25)20-10-16(24)21-9-13-3-2-8-23(11-13)15-6-4-14(5-7-15)22-17(18)19/h4-7,12-13,20,25H,2-3,8-11H2,1H3,(H,21,24)(H4,18,19,22). The Labute approximate surface area is 154 Å². The number of piperidine rings is 1. The van der Waals surface area contributed by atoms with Gasteiger partial charge in [0, 0.05) is 36.4 Å². The Balaban J connectivity index is 1.81. The Hall–Kier alpha value is -1.93. The summed E-state index contributed by atoms with van der Waals surface area (Å²) in [5, 5.41) is 16.0. The van der Waals surface area contributed by atoms with Crippen molar-refractivity contribution < 1.29 is 4.79 Å². The molecule has 2 atom stereocenters. The molecule has 2 rings (SSSR count). The highest BCUT2D eigenvalue weighted by Crippen LogP contribution is 2.24. The fourth-order valence-electron chi connectivity index (χ4n) is 2.94. The van der Waals surface area contributed by atoms with Crippen molar-refractivity contribution in [2.24, 2.45) is 11.7 Å². The second-order valence-electron chi connectivity index (χ2n) is 6.40. The van der Waals surface area contributed by atoms with Gasteiger partial charge in [-0.1, -0.05) is 0 Å². The van der Waals surface area contributed by atoms with E-state index in [4.69, 9.17) is 11.1 Å². The van der Waals surface area contributed by atoms with Gasteiger partial charge in [0.1, 0.15) is 0 Å². The van der Waals surface area contributed by atoms with Gasteiger partial charge >= 0.3 is 0 Å². The number of thiol groups is 1. The number of carbonyl (C=O) groups is 1. The summed E-state index contributed by atoms with van der Waals surface area (Å²) >= 11 is 4.20. The number of hydrogen-bond acceptors (Lipinski definition) is 5. The number of benzene rings is 1. The van der Waals surface area contributed by atoms with Crippen molar-refractivity contribution in [3.8, 4) is 0 Å². The van der Waals surface area contributed by atoms with Crippen LogP contribution in [0.25, 0.3) is 0 Å². The lowest BCUT2D eigenvalue weighted by Crippen LogP contribution is -2.43. The van der Waals surface area contributed by atoms with Crippen molar-refractivity contribution in [3.63, 3.8) is 0 Å². The van der Waals surface area contributed by atoms with Gasteiger partial charge < -0.3 is 21.3 Å². The van der Waals surface area contributed by atoms with Crippen LogP contribution >= 0.6 is 12.6 Å². The van der Waals surface area contributed by atoms with Crippen molar-refractivity contribution in [2.75, 3.05) is 36.4 Å². The topological polar surface area (TPSA) is 106 Å². The Morgan fingerprint density at radius 3 is 2.80 bits per heavy atom. The van der Waals surface area contributed by atoms with Gasteiger partial charge in [0.15, 0.2) is 5.96 Å². The Morgan fingerprint density at radius 2 is 2.16 bits per heavy atom. The minimum Gasteiger partial charge on any atom is -0.371 e. The third kappa shape index (κ3) is 6.83. The van der Waals surface area contributed by atoms with Crippen molar-refractivity contribution >= 4 is 35.9 Å². The molecule has 0 aliphatic carbocycles. The monoisotopic (exact) mass is 364 g/mol. The SMILES string of the molecule is CC(S)NCC(=O)NCC1CCCN(c2ccc(NC(=N)N)cc2)C1. The zero-order chi connectivity index (χ0) is 18.2. The molecule has 7 nitrogen and oxygen atoms in total. The molecule has 0 saturated carbocycles. The molecule has 25 heavy (non-hydrogen) atoms. The van der Waals surface area contributed by atoms with E-state index < -0.39 is 0 Å². The molecule has 1 heterocycles. The first kappa shape index (κ1) is 19.4. The van der Waals surface area contributed by atoms with Gasteiger partial charge in [-0.25, -0.2) is 0 Å². The zero-order valence-corrected chi connectivity index (χ0v) is 15.5. The van der Waals surface area contributed by atoms with Gasteiger partial charge in [-0.15, -0.1) is 0 Å². The van der Waals surface area contributed by atoms with Crippen LogP contribution in [0.4, 0.5) is 11.4 Å². The molecular formula is C17H28N6OS. The maximum Gasteiger partial charge on any atom is 0.234 e. The molecule has 1 fully saturated rings. The zero-order valence-electron chi connectivity index (χ0n) is 14.6. The highest BCUT2D eigenvalue weighted by molar-refractivity contribution is 7.80. The lowest BCUT2D eigenvalue weighted by atomic mass is 9.97. The van der Waals surface area contributed by atoms with Crippen LogP contribution in [0.5, 0.6) is 0 Å². The third-order valence-corrected chi connectivity index (χ3v) is 4.36. The smallest absolute Gasteiger partial charge is 0.234 e. The number of anilines is 2. The summed E-state index contributed by atoms with van der Waals surface area (Å²) in [6.45, 7) is 4.83. The summed E-state index contributed by atoms with van der Waals surface area (Å²) in [6.07, 6.45) is 2.23. The molecule has 2 unspecified atom stereocenters. The first-order valence-corrected chi connectivity index (χ1v) is 9.10. The Bertz CT molecular complexity index is 577. The molecule has 0 bridgehead atoms. The molecule has 0 spiro atoms. The first-order chi connectivity index (χ1) is 11.9. The molecule has 138 valence electrons. The molecule has 1 saturated heterocycles. The molecule has 1 aliphatic rings. The van der Waals surface area contributed by atoms with E-state index in [-0.39, 0.29) is 17.2 Å². The minimum atomic E-state index is -0.0664. The summed E-state index contributed by atoms with van der Waals surface area (Å²) in [6, 6.07) is 7.91. The van der Waals surface area contributed by atoms with Gasteiger partial charge in [0.05, 0.1) is 6.54 Å². The number of hydrogen-bond donors (Lipinski definition) is 6. The number of rotatable bonds is 7. The number of amides is 1. The summed E-state index contributed by atoms with van der Waals surface area (Å²) in [5.74, 6) is 0.391. The summed E-state index contributed by atoms with van der Waals surface area (Å²) in [4.78, 5) is 14.2. The molecule has 1 amide bonds. The maximum absolute atomic E-state index is 11.8. The molecule has 0 radical (unpaired) electrons. The van der Waals surface area contributed by atoms with Crippen molar-refractivity contribution in [3.05, 3.63) is 24.3 Å². The Kier molecular flexibility index (Phi) is 7.39. The van der Waals surface area contributed by atoms with Crippen LogP contribution < -0.4 is 26.6 Å². The number of guanidine groups is 1. The molecular weight excluding hydrogens is 336 g/mol. The quantitative estimate of drug-likeness (QED) is 0.189. The van der Waals surface area contributed by atoms with Crippen LogP contribution in [-0.2, 0) is 4.79 Å². The molecule has 1 aliphatic heterocycles. The van der Waals surface area contributed by atoms with Crippen LogP contribution in [-0.4, -0.2) is 43.4 Å². The average Bonchev–Trinajstić information content (AvgIpc) is 2.58. The van der Waals surface area contributed by atoms with Crippen LogP contribution in [0.2, 0.25) is 0 Å². The normalized spacial score (nSPS) is 18.5. The van der Waals surface area contributed by atoms with Gasteiger partial charge in [0.25, 0.3) is 0 Å². The summed E-state index contributed by atoms with van der Waals surface area (Å²) < 4.78 is 0. The fraction of sp³-hybridized carbons (Fsp3) is 0.529. The second-order valence-corrected chi connectivity index (χ2v) is 7.18. The van der Waals surface area contributed by atoms with E-state index in [1.807, 2.05) is 31.2 Å². The first-order valence-electron chi connectivity index (χ1n) is 8.58. The maximum atomic E-state index is 11.8. The molecule has 6 N–H and O–H groups in total. The number of carbonyl (C=O) groups excluding carboxylic acids is 1. The van der Waals surface area contributed by atoms with Crippen molar-refractivity contribution in [2.45, 2.75) is 25.1 Å². The van der Waals surface area contributed by atoms with E-state index in [2.05, 4.69) is 33.5 Å². The van der Waals surface area contributed by atoms with E-state index in [0.29, 0.717) is 19.0 Å². The predicted molar refractivity (Wildman–Crippen MR) is 106 cm³/mol. The van der Waals surface area contributed by atoms with Crippen molar-refractivity contribution in [1.82, 2.24) is 10.6 Å². The molecule has 1 aromatic carbocycles. The molecule has 8 heteroatoms. The fourth-order valence-corrected chi connectivity index (χ4v) is 3.03. The summed E-state index contributed by atoms with van der Waals surface area (Å²) in [5.41, 5.74) is 7.29. The Morgan fingerprint density at radius 1 is 1.44 bits per heavy atom. The van der Waals surface area contributed by atoms with E-state index in [1.54, 1.807) is 0 Å². The average molecular weight is 365 g/mol. The van der Waals surface area contributed by atoms with E-state index in [0.717, 1.165) is 37.3 Å². The van der Waals surface area contributed by atoms with Gasteiger partial charge in [-0.3, -0.25) is 15.5 Å². The lowest BCUT2D eigenvalue weighted by molar-refractivity contribution is -0.120. The van der Waals surface area contributed by atoms with Crippen LogP contribution in [0.15, 0.2) is 24.3 Å². The van der Waals surface area contributed by atoms with E-state index >= 15 is 0 Å². The predicted octanol–water partition coefficient (Wildman–Crippen LogP) is 1.19. The van der Waals surface area contributed by atoms with Crippen molar-refractivity contribution in [1.29, 1.82) is 5.41 Å². The van der Waals surface area contributed by atoms with Gasteiger partial charge in [-0.2, -0.15) is 12.6 Å². The van der Waals surface area contributed by atoms with E-state index in [9.17, 15) is 4.79 Å². The highest BCUT2D eigenvalue weighted by atomic mass is 32.1. The van der Waals surface area contributed by atoms with Gasteiger partial charge in [-0.05, 0) is 49.9 Å². The van der Waals surface area contributed by atoms with Crippen LogP contribution in [0, 0.1) is 11.3 Å². The van der Waals surface area contributed by atoms with Gasteiger partial charge in [0.2, 0.25) is 5.91 Å². The van der Waals surface area contributed by atoms with Crippen LogP contribution in [0.1, 0.15) is 19.8 Å². The third-order valence-electron chi connectivity index (χ3n) is 4.18. The number of nitrogens with two attached hydrogens (primary N) is 1.